The van der Waals surface area contributed by atoms with E-state index in [-0.39, 0.29) is 24.2 Å². The lowest BCUT2D eigenvalue weighted by atomic mass is 10.0. The predicted molar refractivity (Wildman–Crippen MR) is 93.6 cm³/mol. The number of carbonyl (C=O) groups is 1. The van der Waals surface area contributed by atoms with Crippen molar-refractivity contribution in [2.75, 3.05) is 7.11 Å². The Morgan fingerprint density at radius 2 is 2.00 bits per heavy atom. The topological polar surface area (TPSA) is 38.3 Å². The molecule has 0 fully saturated rings. The SMILES string of the molecule is CCC(NC(=O)CCc1ccccc1F)c1ccc(OC)c(C)c1. The first kappa shape index (κ1) is 18.0. The van der Waals surface area contributed by atoms with Crippen molar-refractivity contribution in [1.82, 2.24) is 5.32 Å². The van der Waals surface area contributed by atoms with E-state index in [0.717, 1.165) is 23.3 Å². The van der Waals surface area contributed by atoms with Gasteiger partial charge in [-0.3, -0.25) is 4.79 Å². The van der Waals surface area contributed by atoms with Crippen LogP contribution in [0.2, 0.25) is 0 Å². The van der Waals surface area contributed by atoms with Gasteiger partial charge in [-0.25, -0.2) is 4.39 Å². The summed E-state index contributed by atoms with van der Waals surface area (Å²) in [5, 5.41) is 3.04. The summed E-state index contributed by atoms with van der Waals surface area (Å²) in [6.07, 6.45) is 1.46. The monoisotopic (exact) mass is 329 g/mol. The number of amides is 1. The second kappa shape index (κ2) is 8.48. The van der Waals surface area contributed by atoms with Gasteiger partial charge >= 0.3 is 0 Å². The Kier molecular flexibility index (Phi) is 6.36. The van der Waals surface area contributed by atoms with Crippen molar-refractivity contribution in [3.05, 3.63) is 65.0 Å². The summed E-state index contributed by atoms with van der Waals surface area (Å²) in [4.78, 5) is 12.2. The maximum Gasteiger partial charge on any atom is 0.220 e. The first-order valence-electron chi connectivity index (χ1n) is 8.22. The van der Waals surface area contributed by atoms with E-state index in [9.17, 15) is 9.18 Å². The second-order valence-corrected chi connectivity index (χ2v) is 5.85. The minimum absolute atomic E-state index is 0.0530. The molecule has 0 saturated heterocycles. The van der Waals surface area contributed by atoms with E-state index in [2.05, 4.69) is 5.32 Å². The highest BCUT2D eigenvalue weighted by atomic mass is 19.1. The van der Waals surface area contributed by atoms with E-state index in [0.29, 0.717) is 12.0 Å². The molecule has 0 saturated carbocycles. The zero-order valence-corrected chi connectivity index (χ0v) is 14.4. The number of hydrogen-bond donors (Lipinski definition) is 1. The lowest BCUT2D eigenvalue weighted by Crippen LogP contribution is -2.28. The molecule has 3 nitrogen and oxygen atoms in total. The molecule has 0 aliphatic heterocycles. The van der Waals surface area contributed by atoms with Crippen LogP contribution < -0.4 is 10.1 Å². The fourth-order valence-corrected chi connectivity index (χ4v) is 2.76. The zero-order valence-electron chi connectivity index (χ0n) is 14.4. The van der Waals surface area contributed by atoms with Gasteiger partial charge in [-0.05, 0) is 48.6 Å². The minimum atomic E-state index is -0.261. The van der Waals surface area contributed by atoms with Crippen LogP contribution in [-0.4, -0.2) is 13.0 Å². The van der Waals surface area contributed by atoms with E-state index in [4.69, 9.17) is 4.74 Å². The molecule has 4 heteroatoms. The molecule has 0 aromatic heterocycles. The largest absolute Gasteiger partial charge is 0.496 e. The van der Waals surface area contributed by atoms with Gasteiger partial charge in [0.05, 0.1) is 13.2 Å². The number of rotatable bonds is 7. The van der Waals surface area contributed by atoms with Gasteiger partial charge < -0.3 is 10.1 Å². The molecule has 1 unspecified atom stereocenters. The molecule has 2 rings (SSSR count). The third kappa shape index (κ3) is 4.57. The Balaban J connectivity index is 1.98. The van der Waals surface area contributed by atoms with E-state index < -0.39 is 0 Å². The maximum absolute atomic E-state index is 13.6. The molecule has 0 aliphatic rings. The third-order valence-corrected chi connectivity index (χ3v) is 4.14. The Bertz CT molecular complexity index is 700. The smallest absolute Gasteiger partial charge is 0.220 e. The molecule has 128 valence electrons. The Morgan fingerprint density at radius 3 is 2.62 bits per heavy atom. The number of nitrogens with one attached hydrogen (secondary N) is 1. The van der Waals surface area contributed by atoms with Crippen molar-refractivity contribution in [1.29, 1.82) is 0 Å². The van der Waals surface area contributed by atoms with Crippen LogP contribution in [0, 0.1) is 12.7 Å². The molecule has 1 N–H and O–H groups in total. The molecule has 1 amide bonds. The summed E-state index contributed by atoms with van der Waals surface area (Å²) in [7, 11) is 1.64. The van der Waals surface area contributed by atoms with Crippen LogP contribution in [0.15, 0.2) is 42.5 Å². The molecule has 0 aliphatic carbocycles. The fourth-order valence-electron chi connectivity index (χ4n) is 2.76. The van der Waals surface area contributed by atoms with E-state index >= 15 is 0 Å². The molecular weight excluding hydrogens is 305 g/mol. The standard InChI is InChI=1S/C20H24FNO2/c1-4-18(16-9-11-19(24-3)14(2)13-16)22-20(23)12-10-15-7-5-6-8-17(15)21/h5-9,11,13,18H,4,10,12H2,1-3H3,(H,22,23). The zero-order chi connectivity index (χ0) is 17.5. The summed E-state index contributed by atoms with van der Waals surface area (Å²) in [5.41, 5.74) is 2.66. The molecule has 0 bridgehead atoms. The Morgan fingerprint density at radius 1 is 1.25 bits per heavy atom. The van der Waals surface area contributed by atoms with Crippen LogP contribution >= 0.6 is 0 Å². The van der Waals surface area contributed by atoms with Gasteiger partial charge in [-0.2, -0.15) is 0 Å². The van der Waals surface area contributed by atoms with Crippen LogP contribution in [0.5, 0.6) is 5.75 Å². The number of methoxy groups -OCH3 is 1. The maximum atomic E-state index is 13.6. The lowest BCUT2D eigenvalue weighted by Gasteiger charge is -2.19. The molecule has 2 aromatic carbocycles. The van der Waals surface area contributed by atoms with Gasteiger partial charge in [0.25, 0.3) is 0 Å². The molecule has 1 atom stereocenters. The molecule has 0 radical (unpaired) electrons. The van der Waals surface area contributed by atoms with Gasteiger partial charge in [0.1, 0.15) is 11.6 Å². The van der Waals surface area contributed by atoms with Crippen LogP contribution in [0.4, 0.5) is 4.39 Å². The second-order valence-electron chi connectivity index (χ2n) is 5.85. The number of ether oxygens (including phenoxy) is 1. The number of carbonyl (C=O) groups excluding carboxylic acids is 1. The van der Waals surface area contributed by atoms with Crippen LogP contribution in [0.25, 0.3) is 0 Å². The van der Waals surface area contributed by atoms with Gasteiger partial charge in [0, 0.05) is 6.42 Å². The summed E-state index contributed by atoms with van der Waals surface area (Å²) in [5.74, 6) is 0.501. The highest BCUT2D eigenvalue weighted by molar-refractivity contribution is 5.76. The van der Waals surface area contributed by atoms with Gasteiger partial charge in [0.15, 0.2) is 0 Å². The number of benzene rings is 2. The fraction of sp³-hybridized carbons (Fsp3) is 0.350. The average Bonchev–Trinajstić information content (AvgIpc) is 2.59. The molecule has 2 aromatic rings. The summed E-state index contributed by atoms with van der Waals surface area (Å²) < 4.78 is 18.9. The first-order valence-corrected chi connectivity index (χ1v) is 8.22. The third-order valence-electron chi connectivity index (χ3n) is 4.14. The van der Waals surface area contributed by atoms with Crippen molar-refractivity contribution >= 4 is 5.91 Å². The summed E-state index contributed by atoms with van der Waals surface area (Å²) in [6.45, 7) is 4.01. The lowest BCUT2D eigenvalue weighted by molar-refractivity contribution is -0.121. The normalized spacial score (nSPS) is 11.8. The van der Waals surface area contributed by atoms with E-state index in [1.165, 1.54) is 6.07 Å². The van der Waals surface area contributed by atoms with Crippen molar-refractivity contribution < 1.29 is 13.9 Å². The van der Waals surface area contributed by atoms with Crippen LogP contribution in [0.3, 0.4) is 0 Å². The van der Waals surface area contributed by atoms with Gasteiger partial charge in [-0.15, -0.1) is 0 Å². The Labute approximate surface area is 142 Å². The van der Waals surface area contributed by atoms with Gasteiger partial charge in [0.2, 0.25) is 5.91 Å². The molecule has 0 spiro atoms. The predicted octanol–water partition coefficient (Wildman–Crippen LogP) is 4.34. The Hall–Kier alpha value is -2.36. The quantitative estimate of drug-likeness (QED) is 0.820. The first-order chi connectivity index (χ1) is 11.5. The van der Waals surface area contributed by atoms with Crippen LogP contribution in [0.1, 0.15) is 42.5 Å². The summed E-state index contributed by atoms with van der Waals surface area (Å²) >= 11 is 0. The number of hydrogen-bond acceptors (Lipinski definition) is 2. The highest BCUT2D eigenvalue weighted by Gasteiger charge is 2.14. The van der Waals surface area contributed by atoms with E-state index in [1.807, 2.05) is 32.0 Å². The van der Waals surface area contributed by atoms with Crippen molar-refractivity contribution in [3.8, 4) is 5.75 Å². The molecule has 24 heavy (non-hydrogen) atoms. The highest BCUT2D eigenvalue weighted by Crippen LogP contribution is 2.24. The number of halogens is 1. The van der Waals surface area contributed by atoms with Crippen molar-refractivity contribution in [2.45, 2.75) is 39.2 Å². The molecular formula is C20H24FNO2. The number of aryl methyl sites for hydroxylation is 2. The summed E-state index contributed by atoms with van der Waals surface area (Å²) in [6, 6.07) is 12.4. The van der Waals surface area contributed by atoms with Crippen molar-refractivity contribution in [2.24, 2.45) is 0 Å². The van der Waals surface area contributed by atoms with Crippen LogP contribution in [-0.2, 0) is 11.2 Å². The molecule has 0 heterocycles. The average molecular weight is 329 g/mol. The van der Waals surface area contributed by atoms with E-state index in [1.54, 1.807) is 25.3 Å². The van der Waals surface area contributed by atoms with Gasteiger partial charge in [-0.1, -0.05) is 37.3 Å². The minimum Gasteiger partial charge on any atom is -0.496 e. The van der Waals surface area contributed by atoms with Crippen molar-refractivity contribution in [3.63, 3.8) is 0 Å².